The maximum atomic E-state index is 6.39. The SMILES string of the molecule is CC(C)OCC(C)OC1CC2CC1C1C3CCC(C3)C21. The lowest BCUT2D eigenvalue weighted by Gasteiger charge is -2.39. The second-order valence-corrected chi connectivity index (χ2v) is 8.25. The molecule has 0 heterocycles. The highest BCUT2D eigenvalue weighted by Crippen LogP contribution is 2.67. The fourth-order valence-electron chi connectivity index (χ4n) is 6.33. The van der Waals surface area contributed by atoms with E-state index in [9.17, 15) is 0 Å². The zero-order valence-electron chi connectivity index (χ0n) is 13.3. The average molecular weight is 278 g/mol. The molecule has 4 fully saturated rings. The molecule has 0 amide bonds. The van der Waals surface area contributed by atoms with Crippen LogP contribution < -0.4 is 0 Å². The Hall–Kier alpha value is -0.0800. The predicted octanol–water partition coefficient (Wildman–Crippen LogP) is 3.89. The first-order valence-corrected chi connectivity index (χ1v) is 8.90. The van der Waals surface area contributed by atoms with Gasteiger partial charge in [-0.3, -0.25) is 0 Å². The van der Waals surface area contributed by atoms with Crippen LogP contribution in [-0.2, 0) is 9.47 Å². The van der Waals surface area contributed by atoms with Crippen LogP contribution in [0.2, 0.25) is 0 Å². The Bertz CT molecular complexity index is 366. The molecule has 0 radical (unpaired) electrons. The van der Waals surface area contributed by atoms with Gasteiger partial charge in [0.15, 0.2) is 0 Å². The van der Waals surface area contributed by atoms with Crippen LogP contribution >= 0.6 is 0 Å². The van der Waals surface area contributed by atoms with Gasteiger partial charge in [0.25, 0.3) is 0 Å². The predicted molar refractivity (Wildman–Crippen MR) is 79.4 cm³/mol. The molecule has 2 heteroatoms. The molecule has 114 valence electrons. The van der Waals surface area contributed by atoms with Crippen LogP contribution in [0, 0.1) is 35.5 Å². The molecule has 4 aliphatic carbocycles. The molecule has 0 aliphatic heterocycles. The summed E-state index contributed by atoms with van der Waals surface area (Å²) in [5.41, 5.74) is 0. The summed E-state index contributed by atoms with van der Waals surface area (Å²) in [7, 11) is 0. The van der Waals surface area contributed by atoms with E-state index in [1.807, 2.05) is 0 Å². The molecule has 4 aliphatic rings. The van der Waals surface area contributed by atoms with Crippen LogP contribution in [0.4, 0.5) is 0 Å². The summed E-state index contributed by atoms with van der Waals surface area (Å²) in [6.07, 6.45) is 8.57. The minimum atomic E-state index is 0.263. The lowest BCUT2D eigenvalue weighted by Crippen LogP contribution is -2.38. The van der Waals surface area contributed by atoms with Crippen LogP contribution in [0.25, 0.3) is 0 Å². The van der Waals surface area contributed by atoms with Crippen LogP contribution in [0.1, 0.15) is 52.9 Å². The zero-order chi connectivity index (χ0) is 13.9. The van der Waals surface area contributed by atoms with Crippen LogP contribution in [0.3, 0.4) is 0 Å². The van der Waals surface area contributed by atoms with Crippen molar-refractivity contribution in [2.75, 3.05) is 6.61 Å². The first kappa shape index (κ1) is 13.6. The molecule has 4 bridgehead atoms. The van der Waals surface area contributed by atoms with E-state index in [2.05, 4.69) is 20.8 Å². The molecule has 4 rings (SSSR count). The summed E-state index contributed by atoms with van der Waals surface area (Å²) in [6, 6.07) is 0. The highest BCUT2D eigenvalue weighted by molar-refractivity contribution is 5.11. The van der Waals surface area contributed by atoms with Crippen molar-refractivity contribution in [2.45, 2.75) is 71.2 Å². The minimum absolute atomic E-state index is 0.263. The number of fused-ring (bicyclic) bond motifs is 9. The Kier molecular flexibility index (Phi) is 3.38. The Morgan fingerprint density at radius 3 is 2.40 bits per heavy atom. The molecule has 0 spiro atoms. The van der Waals surface area contributed by atoms with Crippen molar-refractivity contribution in [3.8, 4) is 0 Å². The van der Waals surface area contributed by atoms with Gasteiger partial charge in [0.2, 0.25) is 0 Å². The van der Waals surface area contributed by atoms with Gasteiger partial charge in [-0.15, -0.1) is 0 Å². The van der Waals surface area contributed by atoms with Gasteiger partial charge >= 0.3 is 0 Å². The normalized spacial score (nSPS) is 50.1. The van der Waals surface area contributed by atoms with E-state index in [1.54, 1.807) is 12.8 Å². The van der Waals surface area contributed by atoms with Gasteiger partial charge < -0.3 is 9.47 Å². The minimum Gasteiger partial charge on any atom is -0.376 e. The summed E-state index contributed by atoms with van der Waals surface area (Å²) < 4.78 is 12.1. The van der Waals surface area contributed by atoms with E-state index in [4.69, 9.17) is 9.47 Å². The molecule has 4 saturated carbocycles. The third kappa shape index (κ3) is 2.06. The highest BCUT2D eigenvalue weighted by Gasteiger charge is 2.62. The third-order valence-electron chi connectivity index (χ3n) is 6.74. The second kappa shape index (κ2) is 4.98. The Morgan fingerprint density at radius 1 is 0.900 bits per heavy atom. The van der Waals surface area contributed by atoms with Gasteiger partial charge in [0.05, 0.1) is 24.9 Å². The molecule has 8 unspecified atom stereocenters. The average Bonchev–Trinajstić information content (AvgIpc) is 3.13. The monoisotopic (exact) mass is 278 g/mol. The van der Waals surface area contributed by atoms with Gasteiger partial charge in [0.1, 0.15) is 0 Å². The number of hydrogen-bond donors (Lipinski definition) is 0. The van der Waals surface area contributed by atoms with Crippen molar-refractivity contribution in [3.63, 3.8) is 0 Å². The zero-order valence-corrected chi connectivity index (χ0v) is 13.3. The number of hydrogen-bond acceptors (Lipinski definition) is 2. The first-order valence-electron chi connectivity index (χ1n) is 8.90. The molecule has 0 aromatic carbocycles. The van der Waals surface area contributed by atoms with E-state index in [0.717, 1.165) is 42.1 Å². The maximum absolute atomic E-state index is 6.39. The molecule has 20 heavy (non-hydrogen) atoms. The molecule has 0 aromatic heterocycles. The maximum Gasteiger partial charge on any atom is 0.0784 e. The van der Waals surface area contributed by atoms with E-state index in [0.29, 0.717) is 12.2 Å². The fourth-order valence-corrected chi connectivity index (χ4v) is 6.33. The van der Waals surface area contributed by atoms with Gasteiger partial charge in [-0.05, 0) is 88.4 Å². The highest BCUT2D eigenvalue weighted by atomic mass is 16.5. The molecule has 8 atom stereocenters. The Labute approximate surface area is 123 Å². The quantitative estimate of drug-likeness (QED) is 0.710. The van der Waals surface area contributed by atoms with Crippen molar-refractivity contribution in [1.82, 2.24) is 0 Å². The van der Waals surface area contributed by atoms with E-state index >= 15 is 0 Å². The summed E-state index contributed by atoms with van der Waals surface area (Å²) in [5.74, 6) is 6.19. The van der Waals surface area contributed by atoms with E-state index in [-0.39, 0.29) is 6.10 Å². The van der Waals surface area contributed by atoms with Gasteiger partial charge in [-0.25, -0.2) is 0 Å². The summed E-state index contributed by atoms with van der Waals surface area (Å²) >= 11 is 0. The summed E-state index contributed by atoms with van der Waals surface area (Å²) in [5, 5.41) is 0. The van der Waals surface area contributed by atoms with Crippen molar-refractivity contribution in [2.24, 2.45) is 35.5 Å². The van der Waals surface area contributed by atoms with Crippen molar-refractivity contribution < 1.29 is 9.47 Å². The van der Waals surface area contributed by atoms with Crippen LogP contribution in [0.15, 0.2) is 0 Å². The number of rotatable bonds is 5. The van der Waals surface area contributed by atoms with Crippen molar-refractivity contribution in [3.05, 3.63) is 0 Å². The van der Waals surface area contributed by atoms with Crippen molar-refractivity contribution in [1.29, 1.82) is 0 Å². The molecule has 2 nitrogen and oxygen atoms in total. The molecule has 0 aromatic rings. The van der Waals surface area contributed by atoms with Gasteiger partial charge in [0, 0.05) is 0 Å². The standard InChI is InChI=1S/C18H30O2/c1-10(2)19-9-11(3)20-16-8-14-7-15(16)18-13-5-4-12(6-13)17(14)18/h10-18H,4-9H2,1-3H3. The lowest BCUT2D eigenvalue weighted by molar-refractivity contribution is -0.0952. The van der Waals surface area contributed by atoms with Crippen molar-refractivity contribution >= 4 is 0 Å². The molecule has 0 N–H and O–H groups in total. The second-order valence-electron chi connectivity index (χ2n) is 8.25. The molecular formula is C18H30O2. The lowest BCUT2D eigenvalue weighted by atomic mass is 9.70. The summed E-state index contributed by atoms with van der Waals surface area (Å²) in [4.78, 5) is 0. The van der Waals surface area contributed by atoms with E-state index < -0.39 is 0 Å². The van der Waals surface area contributed by atoms with E-state index in [1.165, 1.54) is 19.3 Å². The Morgan fingerprint density at radius 2 is 1.65 bits per heavy atom. The Balaban J connectivity index is 1.36. The molecular weight excluding hydrogens is 248 g/mol. The van der Waals surface area contributed by atoms with Crippen LogP contribution in [-0.4, -0.2) is 24.9 Å². The fraction of sp³-hybridized carbons (Fsp3) is 1.00. The summed E-state index contributed by atoms with van der Waals surface area (Å²) in [6.45, 7) is 7.15. The number of ether oxygens (including phenoxy) is 2. The first-order chi connectivity index (χ1) is 9.63. The van der Waals surface area contributed by atoms with Gasteiger partial charge in [-0.2, -0.15) is 0 Å². The topological polar surface area (TPSA) is 18.5 Å². The molecule has 0 saturated heterocycles. The van der Waals surface area contributed by atoms with Gasteiger partial charge in [-0.1, -0.05) is 0 Å². The smallest absolute Gasteiger partial charge is 0.0784 e. The third-order valence-corrected chi connectivity index (χ3v) is 6.74. The van der Waals surface area contributed by atoms with Crippen LogP contribution in [0.5, 0.6) is 0 Å². The largest absolute Gasteiger partial charge is 0.376 e.